The Morgan fingerprint density at radius 2 is 1.48 bits per heavy atom. The van der Waals surface area contributed by atoms with Gasteiger partial charge in [-0.3, -0.25) is 0 Å². The summed E-state index contributed by atoms with van der Waals surface area (Å²) in [7, 11) is -3.48. The number of carbonyl (C=O) groups is 1. The average molecular weight is 348 g/mol. The van der Waals surface area contributed by atoms with Crippen LogP contribution in [0.3, 0.4) is 0 Å². The molecule has 134 valence electrons. The molecule has 0 saturated carbocycles. The van der Waals surface area contributed by atoms with Gasteiger partial charge in [-0.15, -0.1) is 0 Å². The van der Waals surface area contributed by atoms with E-state index in [4.69, 9.17) is 5.11 Å². The lowest BCUT2D eigenvalue weighted by Gasteiger charge is -2.39. The first-order valence-corrected chi connectivity index (χ1v) is 9.50. The second-order valence-electron chi connectivity index (χ2n) is 7.24. The van der Waals surface area contributed by atoms with Gasteiger partial charge >= 0.3 is 6.09 Å². The lowest BCUT2D eigenvalue weighted by Crippen LogP contribution is -2.56. The largest absolute Gasteiger partial charge is 0.465 e. The van der Waals surface area contributed by atoms with Gasteiger partial charge in [0.05, 0.1) is 0 Å². The van der Waals surface area contributed by atoms with E-state index in [1.54, 1.807) is 0 Å². The number of hydrogen-bond acceptors (Lipinski definition) is 4. The van der Waals surface area contributed by atoms with Crippen molar-refractivity contribution in [2.24, 2.45) is 0 Å². The first-order valence-electron chi connectivity index (χ1n) is 8.10. The molecule has 0 aliphatic carbocycles. The molecule has 2 heterocycles. The van der Waals surface area contributed by atoms with Gasteiger partial charge in [0.25, 0.3) is 10.2 Å². The van der Waals surface area contributed by atoms with Crippen LogP contribution in [0, 0.1) is 0 Å². The molecule has 0 aromatic heterocycles. The van der Waals surface area contributed by atoms with Crippen LogP contribution >= 0.6 is 0 Å². The Morgan fingerprint density at radius 1 is 1.00 bits per heavy atom. The highest BCUT2D eigenvalue weighted by Gasteiger charge is 2.35. The van der Waals surface area contributed by atoms with E-state index >= 15 is 0 Å². The normalized spacial score (nSPS) is 23.2. The summed E-state index contributed by atoms with van der Waals surface area (Å²) in [5.41, 5.74) is 0.0267. The molecular formula is C14H28N4O4S. The molecule has 2 aliphatic heterocycles. The van der Waals surface area contributed by atoms with Crippen LogP contribution < -0.4 is 5.32 Å². The van der Waals surface area contributed by atoms with Crippen molar-refractivity contribution in [2.45, 2.75) is 45.2 Å². The summed E-state index contributed by atoms with van der Waals surface area (Å²) in [5, 5.41) is 12.5. The standard InChI is InChI=1S/C14H28N4O4S/c1-14(2,3)15-12-4-6-17(7-5-12)23(21,22)18-10-8-16(9-11-18)13(19)20/h12,15H,4-11H2,1-3H3,(H,19,20). The van der Waals surface area contributed by atoms with Crippen LogP contribution in [0.4, 0.5) is 4.79 Å². The molecule has 9 heteroatoms. The third kappa shape index (κ3) is 4.79. The number of carboxylic acid groups (broad SMARTS) is 1. The molecule has 0 bridgehead atoms. The maximum Gasteiger partial charge on any atom is 0.407 e. The Morgan fingerprint density at radius 3 is 1.91 bits per heavy atom. The van der Waals surface area contributed by atoms with Crippen molar-refractivity contribution < 1.29 is 18.3 Å². The second-order valence-corrected chi connectivity index (χ2v) is 9.17. The van der Waals surface area contributed by atoms with Crippen LogP contribution in [-0.2, 0) is 10.2 Å². The maximum atomic E-state index is 12.7. The second kappa shape index (κ2) is 6.92. The number of nitrogens with one attached hydrogen (secondary N) is 1. The number of hydrogen-bond donors (Lipinski definition) is 2. The van der Waals surface area contributed by atoms with Crippen LogP contribution in [0.1, 0.15) is 33.6 Å². The van der Waals surface area contributed by atoms with Gasteiger partial charge in [0.1, 0.15) is 0 Å². The zero-order valence-electron chi connectivity index (χ0n) is 14.2. The summed E-state index contributed by atoms with van der Waals surface area (Å²) in [5.74, 6) is 0. The van der Waals surface area contributed by atoms with Crippen molar-refractivity contribution >= 4 is 16.3 Å². The summed E-state index contributed by atoms with van der Waals surface area (Å²) in [6.45, 7) is 8.27. The Kier molecular flexibility index (Phi) is 5.55. The Labute approximate surface area is 138 Å². The SMILES string of the molecule is CC(C)(C)NC1CCN(S(=O)(=O)N2CCN(C(=O)O)CC2)CC1. The van der Waals surface area contributed by atoms with Crippen molar-refractivity contribution in [3.63, 3.8) is 0 Å². The van der Waals surface area contributed by atoms with Gasteiger partial charge in [-0.1, -0.05) is 0 Å². The average Bonchev–Trinajstić information content (AvgIpc) is 2.46. The molecule has 0 aromatic rings. The predicted octanol–water partition coefficient (Wildman–Crippen LogP) is 0.379. The van der Waals surface area contributed by atoms with Crippen LogP contribution in [-0.4, -0.2) is 84.0 Å². The van der Waals surface area contributed by atoms with E-state index < -0.39 is 16.3 Å². The van der Waals surface area contributed by atoms with Crippen LogP contribution in [0.15, 0.2) is 0 Å². The van der Waals surface area contributed by atoms with Gasteiger partial charge in [0.15, 0.2) is 0 Å². The third-order valence-corrected chi connectivity index (χ3v) is 6.29. The topological polar surface area (TPSA) is 93.2 Å². The van der Waals surface area contributed by atoms with E-state index in [0.717, 1.165) is 12.8 Å². The number of piperidine rings is 1. The minimum atomic E-state index is -3.48. The molecule has 2 aliphatic rings. The molecule has 0 aromatic carbocycles. The molecule has 0 spiro atoms. The van der Waals surface area contributed by atoms with Gasteiger partial charge < -0.3 is 15.3 Å². The number of nitrogens with zero attached hydrogens (tertiary/aromatic N) is 3. The number of rotatable bonds is 3. The molecule has 2 rings (SSSR count). The summed E-state index contributed by atoms with van der Waals surface area (Å²) in [4.78, 5) is 12.2. The first kappa shape index (κ1) is 18.4. The molecule has 1 amide bonds. The zero-order chi connectivity index (χ0) is 17.3. The Bertz CT molecular complexity index is 515. The fourth-order valence-electron chi connectivity index (χ4n) is 3.12. The molecule has 2 fully saturated rings. The summed E-state index contributed by atoms with van der Waals surface area (Å²) < 4.78 is 28.3. The number of amides is 1. The fraction of sp³-hybridized carbons (Fsp3) is 0.929. The summed E-state index contributed by atoms with van der Waals surface area (Å²) in [6.07, 6.45) is 0.605. The highest BCUT2D eigenvalue weighted by Crippen LogP contribution is 2.20. The van der Waals surface area contributed by atoms with Crippen molar-refractivity contribution in [3.05, 3.63) is 0 Å². The van der Waals surface area contributed by atoms with Gasteiger partial charge in [0.2, 0.25) is 0 Å². The summed E-state index contributed by atoms with van der Waals surface area (Å²) >= 11 is 0. The van der Waals surface area contributed by atoms with Crippen LogP contribution in [0.25, 0.3) is 0 Å². The third-order valence-electron chi connectivity index (χ3n) is 4.25. The monoisotopic (exact) mass is 348 g/mol. The molecule has 0 radical (unpaired) electrons. The van der Waals surface area contributed by atoms with E-state index in [9.17, 15) is 13.2 Å². The van der Waals surface area contributed by atoms with Crippen LogP contribution in [0.5, 0.6) is 0 Å². The minimum absolute atomic E-state index is 0.0267. The first-order chi connectivity index (χ1) is 10.6. The van der Waals surface area contributed by atoms with Crippen molar-refractivity contribution in [2.75, 3.05) is 39.3 Å². The zero-order valence-corrected chi connectivity index (χ0v) is 15.0. The minimum Gasteiger partial charge on any atom is -0.465 e. The molecular weight excluding hydrogens is 320 g/mol. The maximum absolute atomic E-state index is 12.7. The van der Waals surface area contributed by atoms with Gasteiger partial charge in [-0.05, 0) is 33.6 Å². The van der Waals surface area contributed by atoms with E-state index in [2.05, 4.69) is 26.1 Å². The van der Waals surface area contributed by atoms with E-state index in [-0.39, 0.29) is 31.7 Å². The smallest absolute Gasteiger partial charge is 0.407 e. The van der Waals surface area contributed by atoms with E-state index in [0.29, 0.717) is 19.1 Å². The molecule has 0 unspecified atom stereocenters. The van der Waals surface area contributed by atoms with Crippen LogP contribution in [0.2, 0.25) is 0 Å². The van der Waals surface area contributed by atoms with Crippen molar-refractivity contribution in [3.8, 4) is 0 Å². The predicted molar refractivity (Wildman–Crippen MR) is 87.6 cm³/mol. The molecule has 23 heavy (non-hydrogen) atoms. The highest BCUT2D eigenvalue weighted by molar-refractivity contribution is 7.86. The molecule has 8 nitrogen and oxygen atoms in total. The highest BCUT2D eigenvalue weighted by atomic mass is 32.2. The summed E-state index contributed by atoms with van der Waals surface area (Å²) in [6, 6.07) is 0.338. The fourth-order valence-corrected chi connectivity index (χ4v) is 4.74. The van der Waals surface area contributed by atoms with E-state index in [1.807, 2.05) is 0 Å². The van der Waals surface area contributed by atoms with Gasteiger partial charge in [0, 0.05) is 50.8 Å². The lowest BCUT2D eigenvalue weighted by atomic mass is 10.0. The van der Waals surface area contributed by atoms with Crippen molar-refractivity contribution in [1.29, 1.82) is 0 Å². The Balaban J connectivity index is 1.88. The molecule has 2 N–H and O–H groups in total. The van der Waals surface area contributed by atoms with Crippen molar-refractivity contribution in [1.82, 2.24) is 18.8 Å². The number of piperazine rings is 1. The van der Waals surface area contributed by atoms with E-state index in [1.165, 1.54) is 13.5 Å². The van der Waals surface area contributed by atoms with Gasteiger partial charge in [-0.25, -0.2) is 4.79 Å². The molecule has 2 saturated heterocycles. The lowest BCUT2D eigenvalue weighted by molar-refractivity contribution is 0.124. The quantitative estimate of drug-likeness (QED) is 0.769. The van der Waals surface area contributed by atoms with Gasteiger partial charge in [-0.2, -0.15) is 17.0 Å². The molecule has 0 atom stereocenters. The Hall–Kier alpha value is -0.900.